The second kappa shape index (κ2) is 6.16. The Morgan fingerprint density at radius 2 is 2.28 bits per heavy atom. The number of hydrogen-bond donors (Lipinski definition) is 0. The molecule has 1 atom stereocenters. The predicted molar refractivity (Wildman–Crippen MR) is 75.8 cm³/mol. The zero-order chi connectivity index (χ0) is 13.0. The quantitative estimate of drug-likeness (QED) is 0.585. The van der Waals surface area contributed by atoms with Gasteiger partial charge in [-0.2, -0.15) is 0 Å². The van der Waals surface area contributed by atoms with Crippen molar-refractivity contribution in [1.82, 2.24) is 0 Å². The third kappa shape index (κ3) is 3.68. The van der Waals surface area contributed by atoms with Gasteiger partial charge in [-0.25, -0.2) is 4.79 Å². The molecule has 0 saturated carbocycles. The number of rotatable bonds is 5. The van der Waals surface area contributed by atoms with Crippen molar-refractivity contribution >= 4 is 20.9 Å². The van der Waals surface area contributed by atoms with Crippen molar-refractivity contribution in [3.8, 4) is 0 Å². The highest BCUT2D eigenvalue weighted by Gasteiger charge is 2.09. The van der Waals surface area contributed by atoms with Crippen LogP contribution in [0.3, 0.4) is 0 Å². The number of ether oxygens (including phenoxy) is 1. The zero-order valence-corrected chi connectivity index (χ0v) is 12.2. The standard InChI is InChI=1S/C14H20O3Si/c1-18(2)9-3-8-16-12-6-4-11-5-7-14(15)17-13(11)10-12/h4-5,7,10,12,18H,3,6,8-9H2,1-2H3. The summed E-state index contributed by atoms with van der Waals surface area (Å²) >= 11 is 0. The van der Waals surface area contributed by atoms with Crippen LogP contribution in [0.25, 0.3) is 12.2 Å². The topological polar surface area (TPSA) is 39.4 Å². The number of hydrogen-bond acceptors (Lipinski definition) is 3. The Morgan fingerprint density at radius 1 is 1.44 bits per heavy atom. The lowest BCUT2D eigenvalue weighted by atomic mass is 10.1. The van der Waals surface area contributed by atoms with Crippen LogP contribution < -0.4 is 16.3 Å². The summed E-state index contributed by atoms with van der Waals surface area (Å²) < 4.78 is 11.0. The molecule has 0 N–H and O–H groups in total. The van der Waals surface area contributed by atoms with Crippen LogP contribution >= 0.6 is 0 Å². The molecule has 0 saturated heterocycles. The minimum atomic E-state index is -0.463. The van der Waals surface area contributed by atoms with E-state index < -0.39 is 8.80 Å². The van der Waals surface area contributed by atoms with Gasteiger partial charge in [0, 0.05) is 26.7 Å². The second-order valence-corrected chi connectivity index (χ2v) is 8.49. The molecule has 1 aromatic heterocycles. The molecule has 1 heterocycles. The Morgan fingerprint density at radius 3 is 3.06 bits per heavy atom. The molecule has 0 aliphatic heterocycles. The lowest BCUT2D eigenvalue weighted by Gasteiger charge is -2.14. The van der Waals surface area contributed by atoms with E-state index in [2.05, 4.69) is 19.2 Å². The minimum Gasteiger partial charge on any atom is -0.423 e. The van der Waals surface area contributed by atoms with Crippen molar-refractivity contribution in [3.63, 3.8) is 0 Å². The molecule has 4 heteroatoms. The average molecular weight is 264 g/mol. The van der Waals surface area contributed by atoms with Gasteiger partial charge >= 0.3 is 5.63 Å². The van der Waals surface area contributed by atoms with Crippen LogP contribution in [0.2, 0.25) is 19.1 Å². The van der Waals surface area contributed by atoms with E-state index in [-0.39, 0.29) is 11.7 Å². The van der Waals surface area contributed by atoms with E-state index in [4.69, 9.17) is 9.15 Å². The van der Waals surface area contributed by atoms with Crippen molar-refractivity contribution in [2.24, 2.45) is 0 Å². The molecule has 0 bridgehead atoms. The first-order chi connectivity index (χ1) is 8.65. The molecule has 0 radical (unpaired) electrons. The Bertz CT molecular complexity index is 559. The molecule has 0 spiro atoms. The van der Waals surface area contributed by atoms with E-state index in [1.165, 1.54) is 12.1 Å². The SMILES string of the molecule is C[SiH](C)CCCOC1C=c2oc(=O)ccc2=CC1. The van der Waals surface area contributed by atoms with E-state index in [9.17, 15) is 4.79 Å². The van der Waals surface area contributed by atoms with Gasteiger partial charge in [0.1, 0.15) is 5.42 Å². The van der Waals surface area contributed by atoms with Crippen molar-refractivity contribution in [3.05, 3.63) is 33.2 Å². The molecule has 3 nitrogen and oxygen atoms in total. The maximum absolute atomic E-state index is 11.1. The molecule has 0 aromatic carbocycles. The summed E-state index contributed by atoms with van der Waals surface area (Å²) in [6.45, 7) is 5.50. The third-order valence-electron chi connectivity index (χ3n) is 3.06. The molecule has 1 aliphatic rings. The normalized spacial score (nSPS) is 18.1. The average Bonchev–Trinajstić information content (AvgIpc) is 2.34. The van der Waals surface area contributed by atoms with Crippen LogP contribution in [0.15, 0.2) is 21.3 Å². The molecule has 98 valence electrons. The molecule has 1 unspecified atom stereocenters. The van der Waals surface area contributed by atoms with E-state index in [1.807, 2.05) is 6.08 Å². The fraction of sp³-hybridized carbons (Fsp3) is 0.500. The Labute approximate surface area is 108 Å². The Kier molecular flexibility index (Phi) is 4.55. The van der Waals surface area contributed by atoms with Gasteiger partial charge in [0.15, 0.2) is 0 Å². The van der Waals surface area contributed by atoms with Crippen molar-refractivity contribution in [2.45, 2.75) is 38.1 Å². The monoisotopic (exact) mass is 264 g/mol. The summed E-state index contributed by atoms with van der Waals surface area (Å²) in [5.41, 5.74) is 0.349. The van der Waals surface area contributed by atoms with Crippen molar-refractivity contribution < 1.29 is 9.15 Å². The predicted octanol–water partition coefficient (Wildman–Crippen LogP) is 0.867. The van der Waals surface area contributed by atoms with Crippen LogP contribution in [-0.4, -0.2) is 21.5 Å². The van der Waals surface area contributed by atoms with Gasteiger partial charge in [-0.1, -0.05) is 25.2 Å². The summed E-state index contributed by atoms with van der Waals surface area (Å²) in [6.07, 6.45) is 6.04. The summed E-state index contributed by atoms with van der Waals surface area (Å²) in [7, 11) is -0.463. The smallest absolute Gasteiger partial charge is 0.336 e. The fourth-order valence-electron chi connectivity index (χ4n) is 2.06. The molecular weight excluding hydrogens is 244 g/mol. The summed E-state index contributed by atoms with van der Waals surface area (Å²) in [6, 6.07) is 4.58. The highest BCUT2D eigenvalue weighted by Crippen LogP contribution is 2.06. The first-order valence-corrected chi connectivity index (χ1v) is 9.71. The van der Waals surface area contributed by atoms with E-state index >= 15 is 0 Å². The highest BCUT2D eigenvalue weighted by molar-refractivity contribution is 6.55. The lowest BCUT2D eigenvalue weighted by molar-refractivity contribution is 0.0981. The molecular formula is C14H20O3Si. The minimum absolute atomic E-state index is 0.0527. The van der Waals surface area contributed by atoms with Gasteiger partial charge in [0.2, 0.25) is 0 Å². The summed E-state index contributed by atoms with van der Waals surface area (Å²) in [5.74, 6) is 0. The van der Waals surface area contributed by atoms with Gasteiger partial charge < -0.3 is 9.15 Å². The van der Waals surface area contributed by atoms with Crippen molar-refractivity contribution in [1.29, 1.82) is 0 Å². The second-order valence-electron chi connectivity index (χ2n) is 5.13. The molecule has 0 fully saturated rings. The van der Waals surface area contributed by atoms with Crippen LogP contribution in [0.5, 0.6) is 0 Å². The molecule has 1 aromatic rings. The molecule has 2 rings (SSSR count). The lowest BCUT2D eigenvalue weighted by Crippen LogP contribution is -2.34. The fourth-order valence-corrected chi connectivity index (χ4v) is 3.05. The highest BCUT2D eigenvalue weighted by atomic mass is 28.3. The van der Waals surface area contributed by atoms with Crippen LogP contribution in [-0.2, 0) is 4.74 Å². The first-order valence-electron chi connectivity index (χ1n) is 6.59. The van der Waals surface area contributed by atoms with Gasteiger partial charge in [0.25, 0.3) is 0 Å². The van der Waals surface area contributed by atoms with Gasteiger partial charge in [0.05, 0.1) is 6.10 Å². The third-order valence-corrected chi connectivity index (χ3v) is 4.62. The van der Waals surface area contributed by atoms with Gasteiger partial charge in [-0.15, -0.1) is 0 Å². The van der Waals surface area contributed by atoms with Crippen LogP contribution in [0, 0.1) is 0 Å². The Balaban J connectivity index is 1.96. The van der Waals surface area contributed by atoms with Gasteiger partial charge in [-0.3, -0.25) is 0 Å². The molecule has 0 amide bonds. The van der Waals surface area contributed by atoms with E-state index in [1.54, 1.807) is 6.07 Å². The molecule has 1 aliphatic carbocycles. The van der Waals surface area contributed by atoms with E-state index in [0.29, 0.717) is 5.42 Å². The maximum Gasteiger partial charge on any atom is 0.336 e. The maximum atomic E-state index is 11.1. The van der Waals surface area contributed by atoms with E-state index in [0.717, 1.165) is 24.7 Å². The summed E-state index contributed by atoms with van der Waals surface area (Å²) in [4.78, 5) is 11.1. The first kappa shape index (κ1) is 13.3. The molecule has 18 heavy (non-hydrogen) atoms. The van der Waals surface area contributed by atoms with Crippen LogP contribution in [0.1, 0.15) is 12.8 Å². The van der Waals surface area contributed by atoms with Crippen LogP contribution in [0.4, 0.5) is 0 Å². The van der Waals surface area contributed by atoms with Gasteiger partial charge in [-0.05, 0) is 25.0 Å². The summed E-state index contributed by atoms with van der Waals surface area (Å²) in [5, 5.41) is 0.990. The largest absolute Gasteiger partial charge is 0.423 e. The van der Waals surface area contributed by atoms with Crippen molar-refractivity contribution in [2.75, 3.05) is 6.61 Å². The number of fused-ring (bicyclic) bond motifs is 1. The Hall–Kier alpha value is -1.13. The zero-order valence-electron chi connectivity index (χ0n) is 11.0.